The Morgan fingerprint density at radius 3 is 2.35 bits per heavy atom. The zero-order valence-electron chi connectivity index (χ0n) is 20.7. The Hall–Kier alpha value is -4.42. The molecule has 0 aliphatic carbocycles. The van der Waals surface area contributed by atoms with Gasteiger partial charge in [-0.05, 0) is 17.2 Å². The van der Waals surface area contributed by atoms with E-state index in [0.717, 1.165) is 17.2 Å². The summed E-state index contributed by atoms with van der Waals surface area (Å²) in [7, 11) is 0. The van der Waals surface area contributed by atoms with Crippen molar-refractivity contribution in [3.63, 3.8) is 0 Å². The lowest BCUT2D eigenvalue weighted by Crippen LogP contribution is -2.70. The SMILES string of the molecule is Nc1nc2c(s1)C1C=C(C(=O)OC(c3ccccc3)c3ccccc3)N3C(=O)C([C@@H]3S1)N2C(=O)C=CCC(=O)O. The number of aliphatic carboxylic acids is 1. The van der Waals surface area contributed by atoms with E-state index in [-0.39, 0.29) is 23.1 Å². The maximum Gasteiger partial charge on any atom is 0.355 e. The number of ether oxygens (including phenoxy) is 1. The van der Waals surface area contributed by atoms with E-state index in [0.29, 0.717) is 4.88 Å². The molecular weight excluding hydrogens is 552 g/mol. The third kappa shape index (κ3) is 4.44. The van der Waals surface area contributed by atoms with E-state index >= 15 is 0 Å². The monoisotopic (exact) mass is 574 g/mol. The van der Waals surface area contributed by atoms with Crippen LogP contribution in [0.1, 0.15) is 33.8 Å². The molecule has 3 aromatic rings. The first-order valence-electron chi connectivity index (χ1n) is 12.3. The lowest BCUT2D eigenvalue weighted by Gasteiger charge is -2.50. The molecule has 1 aromatic heterocycles. The predicted molar refractivity (Wildman–Crippen MR) is 149 cm³/mol. The van der Waals surface area contributed by atoms with Gasteiger partial charge in [-0.25, -0.2) is 9.78 Å². The molecule has 0 spiro atoms. The molecule has 10 nitrogen and oxygen atoms in total. The van der Waals surface area contributed by atoms with Crippen molar-refractivity contribution in [2.45, 2.75) is 29.2 Å². The van der Waals surface area contributed by atoms with Crippen LogP contribution in [0.2, 0.25) is 0 Å². The fourth-order valence-electron chi connectivity index (χ4n) is 4.96. The van der Waals surface area contributed by atoms with Crippen LogP contribution in [0.25, 0.3) is 0 Å². The fourth-order valence-corrected chi connectivity index (χ4v) is 7.51. The van der Waals surface area contributed by atoms with E-state index in [1.54, 1.807) is 6.08 Å². The summed E-state index contributed by atoms with van der Waals surface area (Å²) in [6, 6.07) is 17.7. The van der Waals surface area contributed by atoms with Crippen molar-refractivity contribution in [1.29, 1.82) is 0 Å². The summed E-state index contributed by atoms with van der Waals surface area (Å²) in [4.78, 5) is 59.0. The van der Waals surface area contributed by atoms with E-state index in [1.165, 1.54) is 39.0 Å². The number of amides is 2. The molecule has 202 valence electrons. The van der Waals surface area contributed by atoms with Gasteiger partial charge in [0, 0.05) is 6.08 Å². The molecule has 3 atom stereocenters. The van der Waals surface area contributed by atoms with Crippen LogP contribution in [0, 0.1) is 0 Å². The first-order valence-corrected chi connectivity index (χ1v) is 14.1. The number of hydrogen-bond donors (Lipinski definition) is 2. The van der Waals surface area contributed by atoms with E-state index in [2.05, 4.69) is 4.98 Å². The molecule has 0 saturated carbocycles. The highest BCUT2D eigenvalue weighted by atomic mass is 32.2. The Bertz CT molecular complexity index is 1530. The van der Waals surface area contributed by atoms with Crippen LogP contribution in [-0.4, -0.2) is 50.2 Å². The van der Waals surface area contributed by atoms with E-state index < -0.39 is 46.5 Å². The van der Waals surface area contributed by atoms with Gasteiger partial charge in [0.15, 0.2) is 17.1 Å². The molecule has 3 N–H and O–H groups in total. The number of β-lactam (4-membered cyclic amide) rings is 1. The quantitative estimate of drug-likeness (QED) is 0.246. The molecule has 2 bridgehead atoms. The maximum absolute atomic E-state index is 13.7. The molecule has 3 aliphatic heterocycles. The summed E-state index contributed by atoms with van der Waals surface area (Å²) in [5.74, 6) is -2.57. The summed E-state index contributed by atoms with van der Waals surface area (Å²) in [5, 5.41) is 8.18. The molecule has 2 amide bonds. The minimum Gasteiger partial charge on any atom is -0.481 e. The highest BCUT2D eigenvalue weighted by Gasteiger charge is 2.60. The molecule has 12 heteroatoms. The van der Waals surface area contributed by atoms with Crippen LogP contribution in [0.15, 0.2) is 84.6 Å². The number of carbonyl (C=O) groups is 4. The van der Waals surface area contributed by atoms with Crippen LogP contribution < -0.4 is 10.6 Å². The number of thioether (sulfide) groups is 1. The second-order valence-electron chi connectivity index (χ2n) is 9.21. The van der Waals surface area contributed by atoms with Gasteiger partial charge in [-0.3, -0.25) is 24.2 Å². The summed E-state index contributed by atoms with van der Waals surface area (Å²) in [5.41, 5.74) is 7.67. The van der Waals surface area contributed by atoms with Crippen LogP contribution in [0.3, 0.4) is 0 Å². The Balaban J connectivity index is 1.35. The number of nitrogen functional groups attached to an aromatic ring is 1. The molecule has 3 aliphatic rings. The van der Waals surface area contributed by atoms with Crippen LogP contribution in [0.5, 0.6) is 0 Å². The van der Waals surface area contributed by atoms with Gasteiger partial charge in [-0.2, -0.15) is 0 Å². The first kappa shape index (κ1) is 25.8. The average Bonchev–Trinajstić information content (AvgIpc) is 3.33. The van der Waals surface area contributed by atoms with Crippen molar-refractivity contribution in [2.75, 3.05) is 10.6 Å². The predicted octanol–water partition coefficient (Wildman–Crippen LogP) is 3.64. The minimum atomic E-state index is -1.09. The van der Waals surface area contributed by atoms with Crippen LogP contribution in [0.4, 0.5) is 10.9 Å². The van der Waals surface area contributed by atoms with E-state index in [4.69, 9.17) is 15.6 Å². The van der Waals surface area contributed by atoms with Crippen molar-refractivity contribution in [2.24, 2.45) is 0 Å². The fraction of sp³-hybridized carbons (Fsp3) is 0.179. The number of fused-ring (bicyclic) bond motifs is 3. The normalized spacial score (nSPS) is 21.0. The van der Waals surface area contributed by atoms with Crippen LogP contribution >= 0.6 is 23.1 Å². The minimum absolute atomic E-state index is 0.0977. The summed E-state index contributed by atoms with van der Waals surface area (Å²) >= 11 is 2.59. The molecule has 2 unspecified atom stereocenters. The number of esters is 1. The second kappa shape index (κ2) is 10.3. The Labute approximate surface area is 236 Å². The highest BCUT2D eigenvalue weighted by Crippen LogP contribution is 2.56. The Morgan fingerprint density at radius 2 is 1.73 bits per heavy atom. The molecule has 0 radical (unpaired) electrons. The lowest BCUT2D eigenvalue weighted by molar-refractivity contribution is -0.153. The van der Waals surface area contributed by atoms with Crippen LogP contribution in [-0.2, 0) is 23.9 Å². The third-order valence-corrected chi connectivity index (χ3v) is 9.23. The standard InChI is InChI=1S/C28H22N4O6S2/c29-28-30-24-23(40-28)18-14-17(27(37)38-22(15-8-3-1-4-9-15)16-10-5-2-6-11-16)31-25(36)21(26(31)39-18)32(24)19(33)12-7-13-20(34)35/h1-12,14,18,21-22,26H,13H2,(H2,29,30)(H,34,35)/t18?,21?,26-/m0/s1. The van der Waals surface area contributed by atoms with Crippen molar-refractivity contribution < 1.29 is 29.0 Å². The van der Waals surface area contributed by atoms with Gasteiger partial charge < -0.3 is 15.6 Å². The second-order valence-corrected chi connectivity index (χ2v) is 11.5. The number of carbonyl (C=O) groups excluding carboxylic acids is 3. The number of aromatic nitrogens is 1. The van der Waals surface area contributed by atoms with E-state index in [1.807, 2.05) is 60.7 Å². The van der Waals surface area contributed by atoms with Gasteiger partial charge in [-0.1, -0.05) is 78.1 Å². The number of nitrogens with two attached hydrogens (primary N) is 1. The number of thiazole rings is 1. The number of nitrogens with zero attached hydrogens (tertiary/aromatic N) is 3. The number of hydrogen-bond acceptors (Lipinski definition) is 9. The zero-order valence-corrected chi connectivity index (χ0v) is 22.4. The van der Waals surface area contributed by atoms with Crippen molar-refractivity contribution in [1.82, 2.24) is 9.88 Å². The lowest BCUT2D eigenvalue weighted by atomic mass is 10.0. The number of benzene rings is 2. The van der Waals surface area contributed by atoms with Gasteiger partial charge in [0.05, 0.1) is 16.5 Å². The van der Waals surface area contributed by atoms with Gasteiger partial charge in [0.2, 0.25) is 0 Å². The van der Waals surface area contributed by atoms with Crippen molar-refractivity contribution in [3.05, 3.63) is 101 Å². The highest BCUT2D eigenvalue weighted by molar-refractivity contribution is 8.00. The largest absolute Gasteiger partial charge is 0.481 e. The molecular formula is C28H22N4O6S2. The number of carboxylic acids is 1. The maximum atomic E-state index is 13.7. The number of rotatable bonds is 7. The third-order valence-electron chi connectivity index (χ3n) is 6.71. The van der Waals surface area contributed by atoms with Gasteiger partial charge >= 0.3 is 11.9 Å². The average molecular weight is 575 g/mol. The Kier molecular flexibility index (Phi) is 6.64. The smallest absolute Gasteiger partial charge is 0.355 e. The van der Waals surface area contributed by atoms with Crippen molar-refractivity contribution >= 4 is 57.8 Å². The van der Waals surface area contributed by atoms with Gasteiger partial charge in [-0.15, -0.1) is 11.8 Å². The topological polar surface area (TPSA) is 143 Å². The Morgan fingerprint density at radius 1 is 1.07 bits per heavy atom. The molecule has 1 saturated heterocycles. The molecule has 2 aromatic carbocycles. The van der Waals surface area contributed by atoms with Crippen molar-refractivity contribution in [3.8, 4) is 0 Å². The van der Waals surface area contributed by atoms with Gasteiger partial charge in [0.1, 0.15) is 17.1 Å². The first-order chi connectivity index (χ1) is 19.3. The molecule has 40 heavy (non-hydrogen) atoms. The molecule has 1 fully saturated rings. The summed E-state index contributed by atoms with van der Waals surface area (Å²) in [6.07, 6.45) is 2.95. The van der Waals surface area contributed by atoms with E-state index in [9.17, 15) is 19.2 Å². The summed E-state index contributed by atoms with van der Waals surface area (Å²) < 4.78 is 6.06. The molecule has 6 rings (SSSR count). The number of carboxylic acid groups (broad SMARTS) is 1. The zero-order chi connectivity index (χ0) is 28.0. The summed E-state index contributed by atoms with van der Waals surface area (Å²) in [6.45, 7) is 0. The van der Waals surface area contributed by atoms with Gasteiger partial charge in [0.25, 0.3) is 11.8 Å². The number of anilines is 2. The molecule has 4 heterocycles.